The van der Waals surface area contributed by atoms with Crippen molar-refractivity contribution in [3.05, 3.63) is 71.5 Å². The Hall–Kier alpha value is -2.69. The predicted molar refractivity (Wildman–Crippen MR) is 109 cm³/mol. The van der Waals surface area contributed by atoms with Gasteiger partial charge in [-0.15, -0.1) is 0 Å². The van der Waals surface area contributed by atoms with Crippen molar-refractivity contribution in [2.75, 3.05) is 6.54 Å². The number of piperazine rings is 1. The number of halogens is 1. The summed E-state index contributed by atoms with van der Waals surface area (Å²) in [5, 5.41) is 0. The highest BCUT2D eigenvalue weighted by molar-refractivity contribution is 5.95. The summed E-state index contributed by atoms with van der Waals surface area (Å²) in [7, 11) is 0. The number of benzene rings is 2. The van der Waals surface area contributed by atoms with E-state index in [9.17, 15) is 14.0 Å². The van der Waals surface area contributed by atoms with E-state index in [1.54, 1.807) is 21.9 Å². The van der Waals surface area contributed by atoms with Gasteiger partial charge in [0.1, 0.15) is 18.4 Å². The summed E-state index contributed by atoms with van der Waals surface area (Å²) in [6, 6.07) is 15.0. The monoisotopic (exact) mass is 394 g/mol. The minimum Gasteiger partial charge on any atom is -0.328 e. The van der Waals surface area contributed by atoms with Gasteiger partial charge in [-0.1, -0.05) is 49.4 Å². The first kappa shape index (κ1) is 19.6. The molecule has 1 aliphatic heterocycles. The van der Waals surface area contributed by atoms with Crippen LogP contribution < -0.4 is 0 Å². The lowest BCUT2D eigenvalue weighted by atomic mass is 9.85. The predicted octanol–water partition coefficient (Wildman–Crippen LogP) is 4.32. The molecule has 29 heavy (non-hydrogen) atoms. The van der Waals surface area contributed by atoms with Crippen LogP contribution in [0.2, 0.25) is 0 Å². The number of rotatable bonds is 4. The average Bonchev–Trinajstić information content (AvgIpc) is 2.73. The zero-order chi connectivity index (χ0) is 20.4. The van der Waals surface area contributed by atoms with Crippen molar-refractivity contribution in [3.8, 4) is 0 Å². The average molecular weight is 394 g/mol. The Morgan fingerprint density at radius 1 is 0.931 bits per heavy atom. The molecule has 4 rings (SSSR count). The molecule has 0 aromatic heterocycles. The standard InChI is InChI=1S/C24H27FN2O2/c1-17-7-13-21(14-8-17)26-16-22(28)27(15-18-5-3-2-4-6-18)23(24(26)29)19-9-11-20(25)12-10-19/h2-6,9-12,17,21,23H,7-8,13-16H2,1H3. The second-order valence-electron chi connectivity index (χ2n) is 8.34. The van der Waals surface area contributed by atoms with Gasteiger partial charge in [-0.2, -0.15) is 0 Å². The van der Waals surface area contributed by atoms with Crippen LogP contribution >= 0.6 is 0 Å². The molecule has 1 saturated carbocycles. The van der Waals surface area contributed by atoms with Gasteiger partial charge in [0.15, 0.2) is 0 Å². The highest BCUT2D eigenvalue weighted by Gasteiger charge is 2.43. The molecule has 2 amide bonds. The second-order valence-corrected chi connectivity index (χ2v) is 8.34. The van der Waals surface area contributed by atoms with Crippen LogP contribution in [0.25, 0.3) is 0 Å². The number of amides is 2. The van der Waals surface area contributed by atoms with Crippen molar-refractivity contribution < 1.29 is 14.0 Å². The zero-order valence-electron chi connectivity index (χ0n) is 16.8. The van der Waals surface area contributed by atoms with E-state index in [1.807, 2.05) is 30.3 Å². The van der Waals surface area contributed by atoms with Gasteiger partial charge in [-0.05, 0) is 54.9 Å². The van der Waals surface area contributed by atoms with Crippen LogP contribution in [0, 0.1) is 11.7 Å². The Morgan fingerprint density at radius 3 is 2.24 bits per heavy atom. The van der Waals surface area contributed by atoms with E-state index in [4.69, 9.17) is 0 Å². The van der Waals surface area contributed by atoms with Crippen LogP contribution in [0.3, 0.4) is 0 Å². The number of carbonyl (C=O) groups is 2. The van der Waals surface area contributed by atoms with Crippen LogP contribution in [-0.4, -0.2) is 34.2 Å². The molecule has 2 aromatic carbocycles. The number of carbonyl (C=O) groups excluding carboxylic acids is 2. The Balaban J connectivity index is 1.65. The lowest BCUT2D eigenvalue weighted by Gasteiger charge is -2.45. The fourth-order valence-electron chi connectivity index (χ4n) is 4.54. The number of nitrogens with zero attached hydrogens (tertiary/aromatic N) is 2. The topological polar surface area (TPSA) is 40.6 Å². The van der Waals surface area contributed by atoms with Crippen LogP contribution in [0.15, 0.2) is 54.6 Å². The van der Waals surface area contributed by atoms with E-state index in [0.717, 1.165) is 31.2 Å². The minimum absolute atomic E-state index is 0.0494. The zero-order valence-corrected chi connectivity index (χ0v) is 16.8. The van der Waals surface area contributed by atoms with Gasteiger partial charge in [0.25, 0.3) is 5.91 Å². The van der Waals surface area contributed by atoms with Crippen LogP contribution in [0.5, 0.6) is 0 Å². The summed E-state index contributed by atoms with van der Waals surface area (Å²) in [6.07, 6.45) is 4.04. The van der Waals surface area contributed by atoms with Crippen LogP contribution in [-0.2, 0) is 16.1 Å². The minimum atomic E-state index is -0.712. The Bertz CT molecular complexity index is 860. The van der Waals surface area contributed by atoms with Gasteiger partial charge < -0.3 is 9.80 Å². The van der Waals surface area contributed by atoms with E-state index in [0.29, 0.717) is 18.0 Å². The van der Waals surface area contributed by atoms with E-state index < -0.39 is 6.04 Å². The van der Waals surface area contributed by atoms with Crippen molar-refractivity contribution in [1.82, 2.24) is 9.80 Å². The van der Waals surface area contributed by atoms with Gasteiger partial charge in [0, 0.05) is 12.6 Å². The molecule has 5 heteroatoms. The summed E-state index contributed by atoms with van der Waals surface area (Å²) in [5.74, 6) is 0.216. The van der Waals surface area contributed by atoms with E-state index in [1.165, 1.54) is 12.1 Å². The molecular weight excluding hydrogens is 367 g/mol. The quantitative estimate of drug-likeness (QED) is 0.775. The molecule has 1 unspecified atom stereocenters. The molecule has 0 spiro atoms. The summed E-state index contributed by atoms with van der Waals surface area (Å²) in [6.45, 7) is 2.73. The fourth-order valence-corrected chi connectivity index (χ4v) is 4.54. The van der Waals surface area contributed by atoms with E-state index in [-0.39, 0.29) is 30.2 Å². The molecule has 4 nitrogen and oxygen atoms in total. The molecule has 0 bridgehead atoms. The smallest absolute Gasteiger partial charge is 0.250 e. The maximum Gasteiger partial charge on any atom is 0.250 e. The van der Waals surface area contributed by atoms with Crippen molar-refractivity contribution in [3.63, 3.8) is 0 Å². The van der Waals surface area contributed by atoms with Crippen molar-refractivity contribution in [2.45, 2.75) is 51.2 Å². The van der Waals surface area contributed by atoms with Crippen molar-refractivity contribution >= 4 is 11.8 Å². The molecule has 1 saturated heterocycles. The Labute approximate surface area is 171 Å². The first-order valence-electron chi connectivity index (χ1n) is 10.4. The SMILES string of the molecule is CC1CCC(N2CC(=O)N(Cc3ccccc3)C(c3ccc(F)cc3)C2=O)CC1. The molecule has 0 radical (unpaired) electrons. The fraction of sp³-hybridized carbons (Fsp3) is 0.417. The third kappa shape index (κ3) is 4.19. The molecule has 2 fully saturated rings. The van der Waals surface area contributed by atoms with E-state index >= 15 is 0 Å². The largest absolute Gasteiger partial charge is 0.328 e. The van der Waals surface area contributed by atoms with Gasteiger partial charge in [-0.3, -0.25) is 9.59 Å². The van der Waals surface area contributed by atoms with Crippen LogP contribution in [0.1, 0.15) is 49.8 Å². The van der Waals surface area contributed by atoms with Crippen molar-refractivity contribution in [2.24, 2.45) is 5.92 Å². The first-order valence-corrected chi connectivity index (χ1v) is 10.4. The maximum atomic E-state index is 13.6. The number of hydrogen-bond donors (Lipinski definition) is 0. The summed E-state index contributed by atoms with van der Waals surface area (Å²) < 4.78 is 13.5. The summed E-state index contributed by atoms with van der Waals surface area (Å²) in [5.41, 5.74) is 1.63. The molecule has 152 valence electrons. The lowest BCUT2D eigenvalue weighted by molar-refractivity contribution is -0.160. The Kier molecular flexibility index (Phi) is 5.65. The highest BCUT2D eigenvalue weighted by atomic mass is 19.1. The normalized spacial score (nSPS) is 25.4. The maximum absolute atomic E-state index is 13.6. The second kappa shape index (κ2) is 8.36. The van der Waals surface area contributed by atoms with Crippen molar-refractivity contribution in [1.29, 1.82) is 0 Å². The molecule has 2 aliphatic rings. The van der Waals surface area contributed by atoms with Gasteiger partial charge in [0.05, 0.1) is 0 Å². The van der Waals surface area contributed by atoms with Gasteiger partial charge in [0.2, 0.25) is 5.91 Å². The Morgan fingerprint density at radius 2 is 1.59 bits per heavy atom. The first-order chi connectivity index (χ1) is 14.0. The van der Waals surface area contributed by atoms with Gasteiger partial charge in [-0.25, -0.2) is 4.39 Å². The molecular formula is C24H27FN2O2. The van der Waals surface area contributed by atoms with Gasteiger partial charge >= 0.3 is 0 Å². The lowest BCUT2D eigenvalue weighted by Crippen LogP contribution is -2.58. The third-order valence-electron chi connectivity index (χ3n) is 6.26. The molecule has 1 aliphatic carbocycles. The highest BCUT2D eigenvalue weighted by Crippen LogP contribution is 2.34. The number of hydrogen-bond acceptors (Lipinski definition) is 2. The molecule has 1 atom stereocenters. The summed E-state index contributed by atoms with van der Waals surface area (Å²) >= 11 is 0. The third-order valence-corrected chi connectivity index (χ3v) is 6.26. The molecule has 0 N–H and O–H groups in total. The molecule has 2 aromatic rings. The summed E-state index contributed by atoms with van der Waals surface area (Å²) in [4.78, 5) is 30.2. The van der Waals surface area contributed by atoms with Crippen LogP contribution in [0.4, 0.5) is 4.39 Å². The van der Waals surface area contributed by atoms with E-state index in [2.05, 4.69) is 6.92 Å². The molecule has 1 heterocycles.